The van der Waals surface area contributed by atoms with Crippen molar-refractivity contribution in [2.45, 2.75) is 5.16 Å². The molecule has 1 aromatic carbocycles. The summed E-state index contributed by atoms with van der Waals surface area (Å²) >= 11 is 3.10. The topological polar surface area (TPSA) is 51.6 Å². The van der Waals surface area contributed by atoms with Crippen LogP contribution in [0.2, 0.25) is 0 Å². The van der Waals surface area contributed by atoms with E-state index in [4.69, 9.17) is 0 Å². The van der Waals surface area contributed by atoms with Gasteiger partial charge in [-0.3, -0.25) is 0 Å². The van der Waals surface area contributed by atoms with Crippen LogP contribution in [0.3, 0.4) is 0 Å². The lowest BCUT2D eigenvalue weighted by Gasteiger charge is -1.95. The third-order valence-corrected chi connectivity index (χ3v) is 3.83. The minimum absolute atomic E-state index is 0.668. The molecule has 0 bridgehead atoms. The van der Waals surface area contributed by atoms with Crippen LogP contribution in [0.1, 0.15) is 0 Å². The lowest BCUT2D eigenvalue weighted by Crippen LogP contribution is -1.91. The van der Waals surface area contributed by atoms with Gasteiger partial charge < -0.3 is 0 Å². The number of thioether (sulfide) groups is 1. The van der Waals surface area contributed by atoms with Crippen LogP contribution in [0.25, 0.3) is 20.9 Å². The van der Waals surface area contributed by atoms with Gasteiger partial charge in [-0.25, -0.2) is 9.97 Å². The van der Waals surface area contributed by atoms with Crippen LogP contribution in [-0.2, 0) is 0 Å². The molecule has 0 spiro atoms. The van der Waals surface area contributed by atoms with Gasteiger partial charge in [-0.2, -0.15) is 5.10 Å². The zero-order valence-corrected chi connectivity index (χ0v) is 10.6. The van der Waals surface area contributed by atoms with Crippen molar-refractivity contribution in [1.82, 2.24) is 20.2 Å². The summed E-state index contributed by atoms with van der Waals surface area (Å²) in [6, 6.07) is 8.05. The molecule has 0 saturated carbocycles. The van der Waals surface area contributed by atoms with Crippen LogP contribution in [0.15, 0.2) is 35.6 Å². The van der Waals surface area contributed by atoms with Crippen LogP contribution in [0.4, 0.5) is 0 Å². The molecule has 0 aliphatic heterocycles. The van der Waals surface area contributed by atoms with Crippen molar-refractivity contribution in [2.75, 3.05) is 6.26 Å². The Morgan fingerprint density at radius 3 is 2.88 bits per heavy atom. The summed E-state index contributed by atoms with van der Waals surface area (Å²) in [5, 5.41) is 9.41. The predicted molar refractivity (Wildman–Crippen MR) is 70.2 cm³/mol. The van der Waals surface area contributed by atoms with Crippen LogP contribution >= 0.6 is 23.1 Å². The summed E-state index contributed by atoms with van der Waals surface area (Å²) in [7, 11) is 0. The highest BCUT2D eigenvalue weighted by Gasteiger charge is 2.08. The van der Waals surface area contributed by atoms with Crippen molar-refractivity contribution in [3.8, 4) is 10.7 Å². The van der Waals surface area contributed by atoms with Gasteiger partial charge in [-0.05, 0) is 18.4 Å². The first kappa shape index (κ1) is 10.6. The van der Waals surface area contributed by atoms with Crippen LogP contribution < -0.4 is 0 Å². The maximum absolute atomic E-state index is 4.54. The van der Waals surface area contributed by atoms with E-state index in [2.05, 4.69) is 26.2 Å². The van der Waals surface area contributed by atoms with Crippen molar-refractivity contribution in [3.05, 3.63) is 30.5 Å². The Labute approximate surface area is 106 Å². The number of rotatable bonds is 2. The summed E-state index contributed by atoms with van der Waals surface area (Å²) in [6.07, 6.45) is 3.58. The number of hydrogen-bond donors (Lipinski definition) is 0. The van der Waals surface area contributed by atoms with E-state index < -0.39 is 0 Å². The number of para-hydroxylation sites is 1. The second kappa shape index (κ2) is 4.38. The normalized spacial score (nSPS) is 10.9. The summed E-state index contributed by atoms with van der Waals surface area (Å²) < 4.78 is 1.16. The lowest BCUT2D eigenvalue weighted by molar-refractivity contribution is 0.845. The Hall–Kier alpha value is -1.53. The van der Waals surface area contributed by atoms with Crippen LogP contribution in [-0.4, -0.2) is 26.4 Å². The highest BCUT2D eigenvalue weighted by atomic mass is 32.2. The van der Waals surface area contributed by atoms with E-state index in [0.29, 0.717) is 5.16 Å². The van der Waals surface area contributed by atoms with E-state index in [1.165, 1.54) is 11.8 Å². The van der Waals surface area contributed by atoms with Gasteiger partial charge in [0.2, 0.25) is 5.16 Å². The Kier molecular flexibility index (Phi) is 2.74. The number of nitrogens with zero attached hydrogens (tertiary/aromatic N) is 4. The molecule has 3 rings (SSSR count). The Balaban J connectivity index is 2.13. The third-order valence-electron chi connectivity index (χ3n) is 2.23. The molecule has 0 saturated heterocycles. The molecule has 17 heavy (non-hydrogen) atoms. The number of thiazole rings is 1. The molecule has 4 nitrogen and oxygen atoms in total. The highest BCUT2D eigenvalue weighted by Crippen LogP contribution is 2.28. The van der Waals surface area contributed by atoms with Gasteiger partial charge in [0.1, 0.15) is 10.7 Å². The molecule has 2 heterocycles. The monoisotopic (exact) mass is 260 g/mol. The van der Waals surface area contributed by atoms with Crippen molar-refractivity contribution in [1.29, 1.82) is 0 Å². The standard InChI is InChI=1S/C11H8N4S2/c1-16-11-14-8(6-12-15-11)10-13-7-4-2-3-5-9(7)17-10/h2-6H,1H3. The van der Waals surface area contributed by atoms with Crippen molar-refractivity contribution in [3.63, 3.8) is 0 Å². The Morgan fingerprint density at radius 1 is 1.18 bits per heavy atom. The predicted octanol–water partition coefficient (Wildman–Crippen LogP) is 2.87. The van der Waals surface area contributed by atoms with E-state index in [9.17, 15) is 0 Å². The molecule has 0 aliphatic rings. The second-order valence-corrected chi connectivity index (χ2v) is 5.12. The zero-order chi connectivity index (χ0) is 11.7. The molecule has 0 unspecified atom stereocenters. The molecule has 6 heteroatoms. The molecule has 2 aromatic heterocycles. The first-order valence-electron chi connectivity index (χ1n) is 4.96. The van der Waals surface area contributed by atoms with E-state index in [1.807, 2.05) is 24.5 Å². The van der Waals surface area contributed by atoms with Crippen molar-refractivity contribution in [2.24, 2.45) is 0 Å². The third kappa shape index (κ3) is 2.01. The van der Waals surface area contributed by atoms with E-state index >= 15 is 0 Å². The van der Waals surface area contributed by atoms with Gasteiger partial charge in [0.05, 0.1) is 16.4 Å². The Morgan fingerprint density at radius 2 is 2.06 bits per heavy atom. The fourth-order valence-electron chi connectivity index (χ4n) is 1.46. The van der Waals surface area contributed by atoms with Crippen LogP contribution in [0.5, 0.6) is 0 Å². The molecule has 84 valence electrons. The summed E-state index contributed by atoms with van der Waals surface area (Å²) in [4.78, 5) is 8.93. The average Bonchev–Trinajstić information content (AvgIpc) is 2.82. The van der Waals surface area contributed by atoms with Crippen molar-refractivity contribution < 1.29 is 0 Å². The number of hydrogen-bond acceptors (Lipinski definition) is 6. The van der Waals surface area contributed by atoms with Gasteiger partial charge in [-0.15, -0.1) is 16.4 Å². The minimum atomic E-state index is 0.668. The maximum atomic E-state index is 4.54. The van der Waals surface area contributed by atoms with Gasteiger partial charge in [0, 0.05) is 0 Å². The molecule has 3 aromatic rings. The quantitative estimate of drug-likeness (QED) is 0.663. The molecule has 0 atom stereocenters. The van der Waals surface area contributed by atoms with E-state index in [0.717, 1.165) is 20.9 Å². The first-order valence-corrected chi connectivity index (χ1v) is 7.00. The summed E-state index contributed by atoms with van der Waals surface area (Å²) in [5.41, 5.74) is 1.78. The average molecular weight is 260 g/mol. The fourth-order valence-corrected chi connectivity index (χ4v) is 2.70. The first-order chi connectivity index (χ1) is 8.36. The van der Waals surface area contributed by atoms with Crippen LogP contribution in [0, 0.1) is 0 Å². The molecule has 0 aliphatic carbocycles. The van der Waals surface area contributed by atoms with Gasteiger partial charge >= 0.3 is 0 Å². The molecule has 0 N–H and O–H groups in total. The summed E-state index contributed by atoms with van der Waals surface area (Å²) in [5.74, 6) is 0. The largest absolute Gasteiger partial charge is 0.234 e. The van der Waals surface area contributed by atoms with Gasteiger partial charge in [0.15, 0.2) is 0 Å². The fraction of sp³-hybridized carbons (Fsp3) is 0.0909. The number of aromatic nitrogens is 4. The SMILES string of the molecule is CSc1nncc(-c2nc3ccccc3s2)n1. The number of benzene rings is 1. The van der Waals surface area contributed by atoms with Crippen molar-refractivity contribution >= 4 is 33.3 Å². The van der Waals surface area contributed by atoms with E-state index in [-0.39, 0.29) is 0 Å². The van der Waals surface area contributed by atoms with Gasteiger partial charge in [-0.1, -0.05) is 23.9 Å². The molecule has 0 amide bonds. The molecule has 0 fully saturated rings. The molecular weight excluding hydrogens is 252 g/mol. The zero-order valence-electron chi connectivity index (χ0n) is 8.99. The summed E-state index contributed by atoms with van der Waals surface area (Å²) in [6.45, 7) is 0. The Bertz CT molecular complexity index is 632. The molecule has 0 radical (unpaired) electrons. The molecular formula is C11H8N4S2. The van der Waals surface area contributed by atoms with E-state index in [1.54, 1.807) is 17.5 Å². The van der Waals surface area contributed by atoms with Gasteiger partial charge in [0.25, 0.3) is 0 Å². The number of fused-ring (bicyclic) bond motifs is 1. The smallest absolute Gasteiger partial charge is 0.209 e. The second-order valence-electron chi connectivity index (χ2n) is 3.32. The lowest BCUT2D eigenvalue weighted by atomic mass is 10.3. The highest BCUT2D eigenvalue weighted by molar-refractivity contribution is 7.98. The minimum Gasteiger partial charge on any atom is -0.234 e. The maximum Gasteiger partial charge on any atom is 0.209 e.